The molecule has 0 unspecified atom stereocenters. The van der Waals surface area contributed by atoms with Crippen LogP contribution in [-0.2, 0) is 4.74 Å². The Hall–Kier alpha value is -1.35. The van der Waals surface area contributed by atoms with Gasteiger partial charge in [0.15, 0.2) is 0 Å². The molecular weight excluding hydrogens is 252 g/mol. The third-order valence-corrected chi connectivity index (χ3v) is 4.88. The number of esters is 1. The zero-order valence-corrected chi connectivity index (χ0v) is 11.8. The summed E-state index contributed by atoms with van der Waals surface area (Å²) in [4.78, 5) is 12.2. The molecule has 3 atom stereocenters. The van der Waals surface area contributed by atoms with E-state index in [0.717, 1.165) is 44.9 Å². The maximum atomic E-state index is 12.2. The molecule has 0 heterocycles. The zero-order valence-electron chi connectivity index (χ0n) is 11.8. The summed E-state index contributed by atoms with van der Waals surface area (Å²) < 4.78 is 5.71. The normalized spacial score (nSPS) is 33.2. The number of benzene rings is 1. The third-order valence-electron chi connectivity index (χ3n) is 4.88. The minimum Gasteiger partial charge on any atom is -0.458 e. The first-order valence-corrected chi connectivity index (χ1v) is 7.67. The highest BCUT2D eigenvalue weighted by molar-refractivity contribution is 5.89. The number of carbonyl (C=O) groups is 1. The quantitative estimate of drug-likeness (QED) is 0.842. The largest absolute Gasteiger partial charge is 0.458 e. The zero-order chi connectivity index (χ0) is 14.0. The van der Waals surface area contributed by atoms with Crippen LogP contribution < -0.4 is 0 Å². The van der Waals surface area contributed by atoms with Gasteiger partial charge >= 0.3 is 5.97 Å². The Morgan fingerprint density at radius 1 is 1.10 bits per heavy atom. The number of fused-ring (bicyclic) bond motifs is 1. The minimum atomic E-state index is -0.599. The van der Waals surface area contributed by atoms with Gasteiger partial charge < -0.3 is 9.84 Å². The average molecular weight is 274 g/mol. The summed E-state index contributed by atoms with van der Waals surface area (Å²) in [6, 6.07) is 9.12. The Morgan fingerprint density at radius 2 is 1.85 bits per heavy atom. The van der Waals surface area contributed by atoms with Crippen molar-refractivity contribution in [3.05, 3.63) is 35.9 Å². The van der Waals surface area contributed by atoms with Gasteiger partial charge in [-0.15, -0.1) is 0 Å². The number of aliphatic hydroxyl groups is 1. The van der Waals surface area contributed by atoms with Crippen molar-refractivity contribution >= 4 is 5.97 Å². The van der Waals surface area contributed by atoms with Crippen molar-refractivity contribution < 1.29 is 14.6 Å². The number of rotatable bonds is 2. The molecule has 0 radical (unpaired) electrons. The lowest BCUT2D eigenvalue weighted by Crippen LogP contribution is -2.50. The Balaban J connectivity index is 1.72. The molecule has 3 rings (SSSR count). The molecule has 0 spiro atoms. The van der Waals surface area contributed by atoms with E-state index in [1.165, 1.54) is 0 Å². The van der Waals surface area contributed by atoms with Crippen molar-refractivity contribution in [2.24, 2.45) is 5.92 Å². The second-order valence-electron chi connectivity index (χ2n) is 6.16. The summed E-state index contributed by atoms with van der Waals surface area (Å²) in [5.74, 6) is -0.136. The summed E-state index contributed by atoms with van der Waals surface area (Å²) in [6.07, 6.45) is 6.61. The lowest BCUT2D eigenvalue weighted by Gasteiger charge is -2.47. The predicted molar refractivity (Wildman–Crippen MR) is 76.4 cm³/mol. The van der Waals surface area contributed by atoms with E-state index in [4.69, 9.17) is 4.74 Å². The highest BCUT2D eigenvalue weighted by atomic mass is 16.5. The van der Waals surface area contributed by atoms with Gasteiger partial charge in [0.2, 0.25) is 0 Å². The summed E-state index contributed by atoms with van der Waals surface area (Å²) in [5, 5.41) is 10.8. The van der Waals surface area contributed by atoms with Crippen molar-refractivity contribution in [2.45, 2.75) is 56.7 Å². The smallest absolute Gasteiger partial charge is 0.338 e. The van der Waals surface area contributed by atoms with Gasteiger partial charge in [0.05, 0.1) is 11.2 Å². The summed E-state index contributed by atoms with van der Waals surface area (Å²) >= 11 is 0. The summed E-state index contributed by atoms with van der Waals surface area (Å²) in [6.45, 7) is 0. The van der Waals surface area contributed by atoms with Crippen LogP contribution in [0.5, 0.6) is 0 Å². The van der Waals surface area contributed by atoms with Crippen LogP contribution in [0.2, 0.25) is 0 Å². The fourth-order valence-electron chi connectivity index (χ4n) is 3.82. The van der Waals surface area contributed by atoms with E-state index in [-0.39, 0.29) is 18.0 Å². The first-order valence-electron chi connectivity index (χ1n) is 7.67. The van der Waals surface area contributed by atoms with E-state index in [0.29, 0.717) is 5.56 Å². The van der Waals surface area contributed by atoms with Gasteiger partial charge in [-0.05, 0) is 44.2 Å². The molecule has 0 bridgehead atoms. The Bertz CT molecular complexity index is 466. The highest BCUT2D eigenvalue weighted by Crippen LogP contribution is 2.45. The van der Waals surface area contributed by atoms with Crippen LogP contribution in [0.15, 0.2) is 30.3 Å². The molecule has 20 heavy (non-hydrogen) atoms. The second kappa shape index (κ2) is 5.57. The monoisotopic (exact) mass is 274 g/mol. The van der Waals surface area contributed by atoms with Crippen LogP contribution in [-0.4, -0.2) is 22.8 Å². The molecule has 3 nitrogen and oxygen atoms in total. The van der Waals surface area contributed by atoms with Crippen molar-refractivity contribution in [1.82, 2.24) is 0 Å². The number of carbonyl (C=O) groups excluding carboxylic acids is 1. The molecule has 2 saturated carbocycles. The first kappa shape index (κ1) is 13.6. The molecule has 3 heteroatoms. The van der Waals surface area contributed by atoms with Crippen molar-refractivity contribution in [3.63, 3.8) is 0 Å². The Labute approximate surface area is 120 Å². The molecule has 2 fully saturated rings. The fourth-order valence-corrected chi connectivity index (χ4v) is 3.82. The average Bonchev–Trinajstić information content (AvgIpc) is 2.48. The van der Waals surface area contributed by atoms with Crippen LogP contribution in [0.4, 0.5) is 0 Å². The molecule has 2 aliphatic rings. The van der Waals surface area contributed by atoms with E-state index in [1.54, 1.807) is 12.1 Å². The molecule has 108 valence electrons. The SMILES string of the molecule is O=C(O[C@@H]1CCC[C@]2(O)CCCC[C@H]12)c1ccccc1. The topological polar surface area (TPSA) is 46.5 Å². The van der Waals surface area contributed by atoms with Gasteiger partial charge in [0, 0.05) is 5.92 Å². The third kappa shape index (κ3) is 2.59. The molecule has 0 aliphatic heterocycles. The standard InChI is InChI=1S/C17H22O3/c18-16(13-7-2-1-3-8-13)20-15-10-6-12-17(19)11-5-4-9-14(15)17/h1-3,7-8,14-15,19H,4-6,9-12H2/t14-,15-,17-/m1/s1. The van der Waals surface area contributed by atoms with Crippen LogP contribution in [0.3, 0.4) is 0 Å². The lowest BCUT2D eigenvalue weighted by molar-refractivity contribution is -0.128. The van der Waals surface area contributed by atoms with Crippen molar-refractivity contribution in [2.75, 3.05) is 0 Å². The lowest BCUT2D eigenvalue weighted by atomic mass is 9.66. The Morgan fingerprint density at radius 3 is 2.65 bits per heavy atom. The molecular formula is C17H22O3. The van der Waals surface area contributed by atoms with Crippen LogP contribution in [0, 0.1) is 5.92 Å². The molecule has 2 aliphatic carbocycles. The molecule has 1 aromatic rings. The summed E-state index contributed by atoms with van der Waals surface area (Å²) in [5.41, 5.74) is -0.00424. The van der Waals surface area contributed by atoms with Crippen LogP contribution >= 0.6 is 0 Å². The van der Waals surface area contributed by atoms with Gasteiger partial charge in [-0.25, -0.2) is 4.79 Å². The van der Waals surface area contributed by atoms with E-state index in [1.807, 2.05) is 18.2 Å². The van der Waals surface area contributed by atoms with Crippen molar-refractivity contribution in [3.8, 4) is 0 Å². The predicted octanol–water partition coefficient (Wildman–Crippen LogP) is 3.32. The van der Waals surface area contributed by atoms with Gasteiger partial charge in [-0.3, -0.25) is 0 Å². The number of hydrogen-bond donors (Lipinski definition) is 1. The summed E-state index contributed by atoms with van der Waals surface area (Å²) in [7, 11) is 0. The van der Waals surface area contributed by atoms with Crippen molar-refractivity contribution in [1.29, 1.82) is 0 Å². The Kier molecular flexibility index (Phi) is 3.79. The highest BCUT2D eigenvalue weighted by Gasteiger charge is 2.47. The van der Waals surface area contributed by atoms with E-state index >= 15 is 0 Å². The molecule has 1 N–H and O–H groups in total. The number of hydrogen-bond acceptors (Lipinski definition) is 3. The maximum absolute atomic E-state index is 12.2. The van der Waals surface area contributed by atoms with Crippen LogP contribution in [0.25, 0.3) is 0 Å². The second-order valence-corrected chi connectivity index (χ2v) is 6.16. The van der Waals surface area contributed by atoms with Gasteiger partial charge in [-0.1, -0.05) is 31.0 Å². The molecule has 0 saturated heterocycles. The maximum Gasteiger partial charge on any atom is 0.338 e. The van der Waals surface area contributed by atoms with E-state index < -0.39 is 5.60 Å². The van der Waals surface area contributed by atoms with Gasteiger partial charge in [0.25, 0.3) is 0 Å². The molecule has 1 aromatic carbocycles. The minimum absolute atomic E-state index is 0.123. The van der Waals surface area contributed by atoms with Gasteiger partial charge in [0.1, 0.15) is 6.10 Å². The van der Waals surface area contributed by atoms with E-state index in [2.05, 4.69) is 0 Å². The first-order chi connectivity index (χ1) is 9.69. The molecule has 0 aromatic heterocycles. The molecule has 0 amide bonds. The van der Waals surface area contributed by atoms with E-state index in [9.17, 15) is 9.90 Å². The fraction of sp³-hybridized carbons (Fsp3) is 0.588. The van der Waals surface area contributed by atoms with Crippen LogP contribution in [0.1, 0.15) is 55.3 Å². The number of ether oxygens (including phenoxy) is 1. The van der Waals surface area contributed by atoms with Gasteiger partial charge in [-0.2, -0.15) is 0 Å².